The molecule has 0 atom stereocenters. The highest BCUT2D eigenvalue weighted by atomic mass is 32.2. The fraction of sp³-hybridized carbons (Fsp3) is 0.357. The molecule has 2 rings (SSSR count). The van der Waals surface area contributed by atoms with E-state index >= 15 is 0 Å². The van der Waals surface area contributed by atoms with Crippen molar-refractivity contribution in [3.05, 3.63) is 36.5 Å². The molecule has 1 heterocycles. The van der Waals surface area contributed by atoms with E-state index in [9.17, 15) is 0 Å². The van der Waals surface area contributed by atoms with E-state index in [0.29, 0.717) is 0 Å². The van der Waals surface area contributed by atoms with E-state index in [-0.39, 0.29) is 0 Å². The van der Waals surface area contributed by atoms with Gasteiger partial charge in [-0.25, -0.2) is 4.31 Å². The third kappa shape index (κ3) is 3.15. The van der Waals surface area contributed by atoms with Crippen LogP contribution < -0.4 is 4.72 Å². The Kier molecular flexibility index (Phi) is 4.84. The Labute approximate surface area is 113 Å². The predicted molar refractivity (Wildman–Crippen MR) is 80.5 cm³/mol. The average Bonchev–Trinajstić information content (AvgIpc) is 2.43. The number of para-hydroxylation sites is 1. The van der Waals surface area contributed by atoms with Crippen LogP contribution in [-0.4, -0.2) is 22.4 Å². The Hall–Kier alpha value is -1.26. The molecule has 0 aliphatic rings. The summed E-state index contributed by atoms with van der Waals surface area (Å²) in [5.41, 5.74) is 2.10. The molecule has 0 fully saturated rings. The second kappa shape index (κ2) is 6.61. The van der Waals surface area contributed by atoms with Crippen LogP contribution in [0.1, 0.15) is 20.3 Å². The van der Waals surface area contributed by atoms with Crippen molar-refractivity contribution in [3.63, 3.8) is 0 Å². The van der Waals surface area contributed by atoms with Gasteiger partial charge in [-0.3, -0.25) is 4.98 Å². The number of hydrogen-bond donors (Lipinski definition) is 1. The summed E-state index contributed by atoms with van der Waals surface area (Å²) in [5, 5.41) is 1.17. The minimum atomic E-state index is 1.03. The summed E-state index contributed by atoms with van der Waals surface area (Å²) in [7, 11) is 0. The fourth-order valence-corrected chi connectivity index (χ4v) is 2.61. The minimum Gasteiger partial charge on any atom is -0.315 e. The normalized spacial score (nSPS) is 11.1. The van der Waals surface area contributed by atoms with Crippen molar-refractivity contribution in [2.24, 2.45) is 0 Å². The first-order chi connectivity index (χ1) is 8.85. The van der Waals surface area contributed by atoms with E-state index in [1.165, 1.54) is 5.39 Å². The Morgan fingerprint density at radius 2 is 2.06 bits per heavy atom. The smallest absolute Gasteiger partial charge is 0.0941 e. The maximum atomic E-state index is 4.44. The third-order valence-corrected chi connectivity index (χ3v) is 3.75. The van der Waals surface area contributed by atoms with Crippen LogP contribution in [0.4, 0.5) is 5.69 Å². The summed E-state index contributed by atoms with van der Waals surface area (Å²) in [4.78, 5) is 4.44. The number of benzene rings is 1. The Morgan fingerprint density at radius 3 is 2.83 bits per heavy atom. The minimum absolute atomic E-state index is 1.03. The molecule has 0 aliphatic heterocycles. The van der Waals surface area contributed by atoms with Gasteiger partial charge in [-0.1, -0.05) is 32.0 Å². The lowest BCUT2D eigenvalue weighted by atomic mass is 10.2. The van der Waals surface area contributed by atoms with Crippen molar-refractivity contribution in [2.45, 2.75) is 20.3 Å². The van der Waals surface area contributed by atoms with Gasteiger partial charge in [0.2, 0.25) is 0 Å². The highest BCUT2D eigenvalue weighted by molar-refractivity contribution is 7.98. The average molecular weight is 261 g/mol. The standard InChI is InChI=1S/C14H19N3S/c1-3-11-17(4-2)18-16-13-9-5-7-12-8-6-10-15-14(12)13/h5-10,16H,3-4,11H2,1-2H3. The maximum Gasteiger partial charge on any atom is 0.0941 e. The number of rotatable bonds is 6. The van der Waals surface area contributed by atoms with Gasteiger partial charge in [0.15, 0.2) is 0 Å². The molecule has 0 amide bonds. The van der Waals surface area contributed by atoms with Gasteiger partial charge in [0.1, 0.15) is 0 Å². The predicted octanol–water partition coefficient (Wildman–Crippen LogP) is 3.94. The molecule has 18 heavy (non-hydrogen) atoms. The van der Waals surface area contributed by atoms with Crippen molar-refractivity contribution in [3.8, 4) is 0 Å². The number of fused-ring (bicyclic) bond motifs is 1. The van der Waals surface area contributed by atoms with Gasteiger partial charge >= 0.3 is 0 Å². The van der Waals surface area contributed by atoms with Crippen molar-refractivity contribution < 1.29 is 0 Å². The highest BCUT2D eigenvalue weighted by Crippen LogP contribution is 2.24. The number of nitrogens with one attached hydrogen (secondary N) is 1. The summed E-state index contributed by atoms with van der Waals surface area (Å²) in [6.45, 7) is 6.49. The van der Waals surface area contributed by atoms with Crippen LogP contribution in [0, 0.1) is 0 Å². The molecule has 2 aromatic rings. The number of hydrogen-bond acceptors (Lipinski definition) is 4. The van der Waals surface area contributed by atoms with E-state index in [0.717, 1.165) is 30.7 Å². The zero-order valence-electron chi connectivity index (χ0n) is 10.9. The molecule has 0 radical (unpaired) electrons. The van der Waals surface area contributed by atoms with Crippen LogP contribution in [0.3, 0.4) is 0 Å². The molecule has 0 aliphatic carbocycles. The second-order valence-corrected chi connectivity index (χ2v) is 5.00. The lowest BCUT2D eigenvalue weighted by molar-refractivity contribution is 0.495. The van der Waals surface area contributed by atoms with Gasteiger partial charge in [0.25, 0.3) is 0 Å². The lowest BCUT2D eigenvalue weighted by Gasteiger charge is -2.19. The molecule has 96 valence electrons. The van der Waals surface area contributed by atoms with Crippen molar-refractivity contribution >= 4 is 28.7 Å². The number of aromatic nitrogens is 1. The number of nitrogens with zero attached hydrogens (tertiary/aromatic N) is 2. The van der Waals surface area contributed by atoms with Crippen LogP contribution in [-0.2, 0) is 0 Å². The van der Waals surface area contributed by atoms with Crippen molar-refractivity contribution in [2.75, 3.05) is 17.8 Å². The molecule has 3 nitrogen and oxygen atoms in total. The van der Waals surface area contributed by atoms with E-state index in [2.05, 4.69) is 52.1 Å². The molecule has 0 bridgehead atoms. The molecule has 0 unspecified atom stereocenters. The zero-order chi connectivity index (χ0) is 12.8. The summed E-state index contributed by atoms with van der Waals surface area (Å²) in [6, 6.07) is 10.3. The van der Waals surface area contributed by atoms with Crippen LogP contribution in [0.25, 0.3) is 10.9 Å². The summed E-state index contributed by atoms with van der Waals surface area (Å²) in [6.07, 6.45) is 3.00. The quantitative estimate of drug-likeness (QED) is 0.797. The molecule has 1 aromatic carbocycles. The van der Waals surface area contributed by atoms with Gasteiger partial charge in [-0.15, -0.1) is 0 Å². The van der Waals surface area contributed by atoms with E-state index in [1.807, 2.05) is 12.3 Å². The van der Waals surface area contributed by atoms with Crippen molar-refractivity contribution in [1.29, 1.82) is 0 Å². The first kappa shape index (κ1) is 13.2. The van der Waals surface area contributed by atoms with Crippen LogP contribution in [0.5, 0.6) is 0 Å². The summed E-state index contributed by atoms with van der Waals surface area (Å²) in [5.74, 6) is 0. The summed E-state index contributed by atoms with van der Waals surface area (Å²) >= 11 is 1.66. The zero-order valence-corrected chi connectivity index (χ0v) is 11.7. The molecule has 0 saturated carbocycles. The second-order valence-electron chi connectivity index (χ2n) is 4.10. The van der Waals surface area contributed by atoms with Crippen LogP contribution in [0.2, 0.25) is 0 Å². The van der Waals surface area contributed by atoms with Gasteiger partial charge in [0.05, 0.1) is 11.2 Å². The highest BCUT2D eigenvalue weighted by Gasteiger charge is 2.04. The van der Waals surface area contributed by atoms with Crippen LogP contribution >= 0.6 is 12.1 Å². The largest absolute Gasteiger partial charge is 0.315 e. The number of anilines is 1. The molecule has 1 aromatic heterocycles. The third-order valence-electron chi connectivity index (χ3n) is 2.74. The van der Waals surface area contributed by atoms with Gasteiger partial charge in [-0.05, 0) is 18.6 Å². The first-order valence-electron chi connectivity index (χ1n) is 6.36. The van der Waals surface area contributed by atoms with Crippen LogP contribution in [0.15, 0.2) is 36.5 Å². The first-order valence-corrected chi connectivity index (χ1v) is 7.14. The lowest BCUT2D eigenvalue weighted by Crippen LogP contribution is -2.18. The molecule has 0 saturated heterocycles. The maximum absolute atomic E-state index is 4.44. The number of pyridine rings is 1. The monoisotopic (exact) mass is 261 g/mol. The van der Waals surface area contributed by atoms with Gasteiger partial charge in [0, 0.05) is 36.8 Å². The van der Waals surface area contributed by atoms with E-state index in [1.54, 1.807) is 12.1 Å². The van der Waals surface area contributed by atoms with E-state index in [4.69, 9.17) is 0 Å². The SMILES string of the molecule is CCCN(CC)SNc1cccc2cccnc12. The molecule has 4 heteroatoms. The summed E-state index contributed by atoms with van der Waals surface area (Å²) < 4.78 is 5.71. The molecule has 1 N–H and O–H groups in total. The Morgan fingerprint density at radius 1 is 1.22 bits per heavy atom. The van der Waals surface area contributed by atoms with Crippen molar-refractivity contribution in [1.82, 2.24) is 9.29 Å². The van der Waals surface area contributed by atoms with E-state index < -0.39 is 0 Å². The fourth-order valence-electron chi connectivity index (χ4n) is 1.82. The topological polar surface area (TPSA) is 28.2 Å². The van der Waals surface area contributed by atoms with Gasteiger partial charge < -0.3 is 4.72 Å². The molecule has 0 spiro atoms. The van der Waals surface area contributed by atoms with Gasteiger partial charge in [-0.2, -0.15) is 0 Å². The molecular weight excluding hydrogens is 242 g/mol. The Bertz CT molecular complexity index is 496. The molecular formula is C14H19N3S. The Balaban J connectivity index is 2.11.